The van der Waals surface area contributed by atoms with Crippen LogP contribution < -0.4 is 5.32 Å². The van der Waals surface area contributed by atoms with Crippen LogP contribution in [-0.4, -0.2) is 20.7 Å². The topological polar surface area (TPSA) is 62.7 Å². The summed E-state index contributed by atoms with van der Waals surface area (Å²) in [6.45, 7) is 2.58. The number of amides is 1. The van der Waals surface area contributed by atoms with E-state index in [1.165, 1.54) is 0 Å². The lowest BCUT2D eigenvalue weighted by atomic mass is 10.3. The van der Waals surface area contributed by atoms with E-state index in [1.807, 2.05) is 6.92 Å². The molecule has 0 aliphatic carbocycles. The summed E-state index contributed by atoms with van der Waals surface area (Å²) < 4.78 is 2.25. The Bertz CT molecular complexity index is 695. The minimum Gasteiger partial charge on any atom is -0.324 e. The highest BCUT2D eigenvalue weighted by Crippen LogP contribution is 2.29. The first-order valence-electron chi connectivity index (χ1n) is 5.91. The fourth-order valence-corrected chi connectivity index (χ4v) is 2.38. The zero-order chi connectivity index (χ0) is 14.7. The first-order chi connectivity index (χ1) is 9.52. The van der Waals surface area contributed by atoms with Crippen molar-refractivity contribution in [1.29, 1.82) is 0 Å². The van der Waals surface area contributed by atoms with Gasteiger partial charge in [-0.1, -0.05) is 29.3 Å². The molecule has 0 aliphatic rings. The molecule has 0 unspecified atom stereocenters. The van der Waals surface area contributed by atoms with Crippen LogP contribution >= 0.6 is 35.4 Å². The first-order valence-corrected chi connectivity index (χ1v) is 7.07. The van der Waals surface area contributed by atoms with Crippen LogP contribution in [-0.2, 0) is 17.8 Å². The number of aromatic amines is 1. The molecule has 0 aliphatic heterocycles. The third kappa shape index (κ3) is 3.20. The Morgan fingerprint density at radius 2 is 2.25 bits per heavy atom. The van der Waals surface area contributed by atoms with Gasteiger partial charge in [-0.25, -0.2) is 0 Å². The maximum absolute atomic E-state index is 12.0. The highest BCUT2D eigenvalue weighted by atomic mass is 35.5. The van der Waals surface area contributed by atoms with Gasteiger partial charge in [0.2, 0.25) is 5.91 Å². The zero-order valence-corrected chi connectivity index (χ0v) is 12.9. The molecule has 1 amide bonds. The lowest BCUT2D eigenvalue weighted by Gasteiger charge is -2.08. The van der Waals surface area contributed by atoms with Crippen molar-refractivity contribution in [3.8, 4) is 0 Å². The third-order valence-corrected chi connectivity index (χ3v) is 3.83. The molecular formula is C12H12Cl2N4OS. The summed E-state index contributed by atoms with van der Waals surface area (Å²) in [6, 6.07) is 5.05. The van der Waals surface area contributed by atoms with E-state index in [2.05, 4.69) is 15.5 Å². The molecule has 106 valence electrons. The Labute approximate surface area is 130 Å². The summed E-state index contributed by atoms with van der Waals surface area (Å²) in [6.07, 6.45) is 0.101. The second-order valence-electron chi connectivity index (χ2n) is 4.02. The molecule has 0 radical (unpaired) electrons. The zero-order valence-electron chi connectivity index (χ0n) is 10.6. The smallest absolute Gasteiger partial charge is 0.232 e. The third-order valence-electron chi connectivity index (χ3n) is 2.70. The van der Waals surface area contributed by atoms with Crippen molar-refractivity contribution in [2.45, 2.75) is 19.9 Å². The number of H-pyrrole nitrogens is 1. The summed E-state index contributed by atoms with van der Waals surface area (Å²) >= 11 is 17.0. The van der Waals surface area contributed by atoms with E-state index in [4.69, 9.17) is 35.4 Å². The molecule has 2 N–H and O–H groups in total. The van der Waals surface area contributed by atoms with Crippen molar-refractivity contribution in [2.24, 2.45) is 0 Å². The second kappa shape index (κ2) is 6.39. The lowest BCUT2D eigenvalue weighted by Crippen LogP contribution is -2.17. The molecule has 2 rings (SSSR count). The van der Waals surface area contributed by atoms with Crippen LogP contribution in [0.2, 0.25) is 10.0 Å². The normalized spacial score (nSPS) is 10.6. The Balaban J connectivity index is 2.13. The molecule has 1 heterocycles. The highest BCUT2D eigenvalue weighted by molar-refractivity contribution is 7.71. The average Bonchev–Trinajstić information content (AvgIpc) is 2.75. The van der Waals surface area contributed by atoms with Crippen LogP contribution in [0.25, 0.3) is 0 Å². The summed E-state index contributed by atoms with van der Waals surface area (Å²) in [4.78, 5) is 12.0. The molecule has 1 aromatic carbocycles. The molecule has 8 heteroatoms. The van der Waals surface area contributed by atoms with E-state index in [1.54, 1.807) is 22.8 Å². The Kier molecular flexibility index (Phi) is 4.80. The number of hydrogen-bond donors (Lipinski definition) is 2. The van der Waals surface area contributed by atoms with E-state index >= 15 is 0 Å². The van der Waals surface area contributed by atoms with Crippen LogP contribution in [0.5, 0.6) is 0 Å². The number of halogens is 2. The van der Waals surface area contributed by atoms with Crippen molar-refractivity contribution in [1.82, 2.24) is 14.8 Å². The minimum absolute atomic E-state index is 0.101. The van der Waals surface area contributed by atoms with Crippen molar-refractivity contribution in [2.75, 3.05) is 5.32 Å². The number of hydrogen-bond acceptors (Lipinski definition) is 3. The van der Waals surface area contributed by atoms with Crippen molar-refractivity contribution in [3.63, 3.8) is 0 Å². The Morgan fingerprint density at radius 1 is 1.50 bits per heavy atom. The standard InChI is InChI=1S/C12H12Cl2N4OS/c1-2-18-9(16-17-12(18)20)6-10(19)15-8-5-3-4-7(13)11(8)14/h3-5H,2,6H2,1H3,(H,15,19)(H,17,20). The predicted molar refractivity (Wildman–Crippen MR) is 81.9 cm³/mol. The average molecular weight is 331 g/mol. The lowest BCUT2D eigenvalue weighted by molar-refractivity contribution is -0.115. The summed E-state index contributed by atoms with van der Waals surface area (Å²) in [5.41, 5.74) is 0.473. The van der Waals surface area contributed by atoms with Crippen molar-refractivity contribution in [3.05, 3.63) is 38.8 Å². The molecule has 2 aromatic rings. The maximum Gasteiger partial charge on any atom is 0.232 e. The predicted octanol–water partition coefficient (Wildman–Crippen LogP) is 3.45. The molecule has 0 saturated carbocycles. The molecule has 0 bridgehead atoms. The molecule has 0 atom stereocenters. The fourth-order valence-electron chi connectivity index (χ4n) is 1.75. The summed E-state index contributed by atoms with van der Waals surface area (Å²) in [7, 11) is 0. The minimum atomic E-state index is -0.238. The van der Waals surface area contributed by atoms with Gasteiger partial charge in [0.1, 0.15) is 5.82 Å². The van der Waals surface area contributed by atoms with Gasteiger partial charge in [0.15, 0.2) is 4.77 Å². The van der Waals surface area contributed by atoms with Crippen LogP contribution in [0.4, 0.5) is 5.69 Å². The maximum atomic E-state index is 12.0. The summed E-state index contributed by atoms with van der Waals surface area (Å²) in [5, 5.41) is 10.1. The Morgan fingerprint density at radius 3 is 2.95 bits per heavy atom. The number of aromatic nitrogens is 3. The second-order valence-corrected chi connectivity index (χ2v) is 5.19. The number of benzene rings is 1. The molecule has 5 nitrogen and oxygen atoms in total. The van der Waals surface area contributed by atoms with Crippen molar-refractivity contribution < 1.29 is 4.79 Å². The van der Waals surface area contributed by atoms with Gasteiger partial charge in [-0.2, -0.15) is 5.10 Å². The van der Waals surface area contributed by atoms with Gasteiger partial charge in [-0.15, -0.1) is 0 Å². The molecule has 0 spiro atoms. The number of carbonyl (C=O) groups excluding carboxylic acids is 1. The van der Waals surface area contributed by atoms with Gasteiger partial charge < -0.3 is 9.88 Å². The summed E-state index contributed by atoms with van der Waals surface area (Å²) in [5.74, 6) is 0.339. The van der Waals surface area contributed by atoms with Crippen molar-refractivity contribution >= 4 is 47.0 Å². The number of rotatable bonds is 4. The quantitative estimate of drug-likeness (QED) is 0.844. The van der Waals surface area contributed by atoms with E-state index in [-0.39, 0.29) is 12.3 Å². The van der Waals surface area contributed by atoms with Crippen LogP contribution in [0.1, 0.15) is 12.7 Å². The first kappa shape index (κ1) is 15.0. The number of nitrogens with one attached hydrogen (secondary N) is 2. The van der Waals surface area contributed by atoms with Gasteiger partial charge in [-0.05, 0) is 31.3 Å². The fraction of sp³-hybridized carbons (Fsp3) is 0.250. The van der Waals surface area contributed by atoms with E-state index in [0.717, 1.165) is 0 Å². The highest BCUT2D eigenvalue weighted by Gasteiger charge is 2.12. The van der Waals surface area contributed by atoms with Gasteiger partial charge in [0, 0.05) is 6.54 Å². The molecule has 20 heavy (non-hydrogen) atoms. The van der Waals surface area contributed by atoms with E-state index < -0.39 is 0 Å². The van der Waals surface area contributed by atoms with Gasteiger partial charge >= 0.3 is 0 Å². The largest absolute Gasteiger partial charge is 0.324 e. The number of nitrogens with zero attached hydrogens (tertiary/aromatic N) is 2. The molecular weight excluding hydrogens is 319 g/mol. The van der Waals surface area contributed by atoms with E-state index in [9.17, 15) is 4.79 Å². The van der Waals surface area contributed by atoms with Crippen LogP contribution in [0, 0.1) is 4.77 Å². The van der Waals surface area contributed by atoms with Gasteiger partial charge in [0.25, 0.3) is 0 Å². The van der Waals surface area contributed by atoms with E-state index in [0.29, 0.717) is 32.9 Å². The SMILES string of the molecule is CCn1c(CC(=O)Nc2cccc(Cl)c2Cl)n[nH]c1=S. The van der Waals surface area contributed by atoms with Gasteiger partial charge in [0.05, 0.1) is 22.2 Å². The molecule has 0 saturated heterocycles. The molecule has 0 fully saturated rings. The monoisotopic (exact) mass is 330 g/mol. The Hall–Kier alpha value is -1.37. The number of anilines is 1. The van der Waals surface area contributed by atoms with Gasteiger partial charge in [-0.3, -0.25) is 9.89 Å². The van der Waals surface area contributed by atoms with Crippen LogP contribution in [0.3, 0.4) is 0 Å². The number of carbonyl (C=O) groups is 1. The molecule has 1 aromatic heterocycles. The van der Waals surface area contributed by atoms with Crippen LogP contribution in [0.15, 0.2) is 18.2 Å².